The number of allylic oxidation sites excluding steroid dienone is 2. The van der Waals surface area contributed by atoms with Crippen molar-refractivity contribution in [3.8, 4) is 0 Å². The fourth-order valence-corrected chi connectivity index (χ4v) is 1.85. The van der Waals surface area contributed by atoms with Gasteiger partial charge in [0.1, 0.15) is 0 Å². The summed E-state index contributed by atoms with van der Waals surface area (Å²) >= 11 is -1.84. The van der Waals surface area contributed by atoms with Gasteiger partial charge in [-0.25, -0.2) is 0 Å². The SMILES string of the molecule is C/C=C/C1CC1CS(=O)[O-].[Na+]. The summed E-state index contributed by atoms with van der Waals surface area (Å²) in [4.78, 5) is 0. The van der Waals surface area contributed by atoms with E-state index in [4.69, 9.17) is 0 Å². The van der Waals surface area contributed by atoms with E-state index in [2.05, 4.69) is 6.08 Å². The van der Waals surface area contributed by atoms with Crippen molar-refractivity contribution in [2.45, 2.75) is 13.3 Å². The van der Waals surface area contributed by atoms with E-state index in [-0.39, 0.29) is 29.6 Å². The number of hydrogen-bond donors (Lipinski definition) is 0. The van der Waals surface area contributed by atoms with Crippen LogP contribution in [-0.2, 0) is 11.1 Å². The van der Waals surface area contributed by atoms with E-state index in [1.54, 1.807) is 0 Å². The van der Waals surface area contributed by atoms with Gasteiger partial charge < -0.3 is 4.55 Å². The van der Waals surface area contributed by atoms with Crippen LogP contribution in [0.15, 0.2) is 12.2 Å². The van der Waals surface area contributed by atoms with Crippen LogP contribution in [0.5, 0.6) is 0 Å². The van der Waals surface area contributed by atoms with Gasteiger partial charge in [0.15, 0.2) is 0 Å². The number of hydrogen-bond acceptors (Lipinski definition) is 2. The third-order valence-corrected chi connectivity index (χ3v) is 2.47. The standard InChI is InChI=1S/C7H12O2S.Na/c1-2-3-6-4-7(6)5-10(8)9;/h2-3,6-7H,4-5H2,1H3,(H,8,9);/q;+1/p-1/b3-2+;. The van der Waals surface area contributed by atoms with Crippen LogP contribution in [0.3, 0.4) is 0 Å². The van der Waals surface area contributed by atoms with Gasteiger partial charge in [0.2, 0.25) is 0 Å². The normalized spacial score (nSPS) is 31.5. The summed E-state index contributed by atoms with van der Waals surface area (Å²) < 4.78 is 20.4. The van der Waals surface area contributed by atoms with Crippen molar-refractivity contribution in [1.82, 2.24) is 0 Å². The molecule has 0 aromatic heterocycles. The molecule has 0 aromatic carbocycles. The average molecular weight is 182 g/mol. The van der Waals surface area contributed by atoms with E-state index in [1.165, 1.54) is 0 Å². The molecule has 0 aliphatic heterocycles. The summed E-state index contributed by atoms with van der Waals surface area (Å²) in [5.74, 6) is 1.30. The molecular formula is C7H11NaO2S. The molecule has 3 unspecified atom stereocenters. The Morgan fingerprint density at radius 3 is 2.82 bits per heavy atom. The van der Waals surface area contributed by atoms with Gasteiger partial charge in [-0.05, 0) is 25.2 Å². The molecule has 1 saturated carbocycles. The molecule has 0 spiro atoms. The molecule has 0 amide bonds. The van der Waals surface area contributed by atoms with Gasteiger partial charge in [-0.3, -0.25) is 4.21 Å². The molecule has 3 atom stereocenters. The predicted molar refractivity (Wildman–Crippen MR) is 40.2 cm³/mol. The molecule has 0 aromatic rings. The summed E-state index contributed by atoms with van der Waals surface area (Å²) in [6.07, 6.45) is 5.12. The van der Waals surface area contributed by atoms with E-state index in [0.717, 1.165) is 6.42 Å². The molecule has 0 radical (unpaired) electrons. The first-order chi connectivity index (χ1) is 4.74. The smallest absolute Gasteiger partial charge is 0.772 e. The number of rotatable bonds is 3. The van der Waals surface area contributed by atoms with Gasteiger partial charge in [-0.2, -0.15) is 0 Å². The second-order valence-electron chi connectivity index (χ2n) is 2.66. The van der Waals surface area contributed by atoms with Gasteiger partial charge in [0.25, 0.3) is 0 Å². The van der Waals surface area contributed by atoms with Crippen molar-refractivity contribution in [3.05, 3.63) is 12.2 Å². The minimum absolute atomic E-state index is 0. The fourth-order valence-electron chi connectivity index (χ4n) is 1.12. The summed E-state index contributed by atoms with van der Waals surface area (Å²) in [5, 5.41) is 0. The summed E-state index contributed by atoms with van der Waals surface area (Å²) in [5.41, 5.74) is 0. The molecule has 0 saturated heterocycles. The average Bonchev–Trinajstić information content (AvgIpc) is 2.47. The van der Waals surface area contributed by atoms with Crippen LogP contribution < -0.4 is 29.6 Å². The Morgan fingerprint density at radius 1 is 1.73 bits per heavy atom. The Hall–Kier alpha value is 0.850. The molecule has 1 fully saturated rings. The van der Waals surface area contributed by atoms with Crippen molar-refractivity contribution in [1.29, 1.82) is 0 Å². The maximum absolute atomic E-state index is 10.2. The maximum atomic E-state index is 10.2. The molecule has 1 rings (SSSR count). The molecule has 1 aliphatic rings. The molecule has 0 heterocycles. The van der Waals surface area contributed by atoms with Crippen molar-refractivity contribution in [2.75, 3.05) is 5.75 Å². The van der Waals surface area contributed by atoms with Crippen LogP contribution >= 0.6 is 0 Å². The Morgan fingerprint density at radius 2 is 2.36 bits per heavy atom. The van der Waals surface area contributed by atoms with Crippen LogP contribution in [0, 0.1) is 11.8 Å². The predicted octanol–water partition coefficient (Wildman–Crippen LogP) is -1.92. The molecule has 1 aliphatic carbocycles. The first-order valence-corrected chi connectivity index (χ1v) is 4.67. The molecule has 0 N–H and O–H groups in total. The van der Waals surface area contributed by atoms with Gasteiger partial charge >= 0.3 is 29.6 Å². The zero-order chi connectivity index (χ0) is 7.56. The molecule has 0 bridgehead atoms. The summed E-state index contributed by atoms with van der Waals surface area (Å²) in [6, 6.07) is 0. The third-order valence-electron chi connectivity index (χ3n) is 1.77. The van der Waals surface area contributed by atoms with Crippen LogP contribution in [-0.4, -0.2) is 14.5 Å². The minimum Gasteiger partial charge on any atom is -0.772 e. The van der Waals surface area contributed by atoms with Crippen molar-refractivity contribution in [2.24, 2.45) is 11.8 Å². The van der Waals surface area contributed by atoms with Gasteiger partial charge in [0.05, 0.1) is 0 Å². The van der Waals surface area contributed by atoms with Crippen LogP contribution in [0.1, 0.15) is 13.3 Å². The zero-order valence-corrected chi connectivity index (χ0v) is 9.76. The maximum Gasteiger partial charge on any atom is 1.00 e. The first-order valence-electron chi connectivity index (χ1n) is 3.42. The Labute approximate surface area is 92.0 Å². The Balaban J connectivity index is 0.000001000. The van der Waals surface area contributed by atoms with Gasteiger partial charge in [-0.15, -0.1) is 0 Å². The van der Waals surface area contributed by atoms with E-state index in [1.807, 2.05) is 13.0 Å². The van der Waals surface area contributed by atoms with E-state index in [9.17, 15) is 8.76 Å². The monoisotopic (exact) mass is 182 g/mol. The molecule has 58 valence electrons. The van der Waals surface area contributed by atoms with Crippen molar-refractivity contribution >= 4 is 11.1 Å². The van der Waals surface area contributed by atoms with Gasteiger partial charge in [-0.1, -0.05) is 23.2 Å². The Kier molecular flexibility index (Phi) is 5.91. The molecule has 11 heavy (non-hydrogen) atoms. The van der Waals surface area contributed by atoms with Crippen molar-refractivity contribution < 1.29 is 38.3 Å². The van der Waals surface area contributed by atoms with Crippen LogP contribution in [0.2, 0.25) is 0 Å². The molecule has 2 nitrogen and oxygen atoms in total. The summed E-state index contributed by atoms with van der Waals surface area (Å²) in [6.45, 7) is 1.96. The first kappa shape index (κ1) is 11.8. The van der Waals surface area contributed by atoms with E-state index < -0.39 is 11.1 Å². The summed E-state index contributed by atoms with van der Waals surface area (Å²) in [7, 11) is 0. The van der Waals surface area contributed by atoms with Crippen LogP contribution in [0.4, 0.5) is 0 Å². The largest absolute Gasteiger partial charge is 1.00 e. The van der Waals surface area contributed by atoms with E-state index >= 15 is 0 Å². The van der Waals surface area contributed by atoms with Crippen molar-refractivity contribution in [3.63, 3.8) is 0 Å². The van der Waals surface area contributed by atoms with E-state index in [0.29, 0.717) is 17.6 Å². The third kappa shape index (κ3) is 4.43. The second kappa shape index (κ2) is 5.49. The van der Waals surface area contributed by atoms with Crippen LogP contribution in [0.25, 0.3) is 0 Å². The fraction of sp³-hybridized carbons (Fsp3) is 0.714. The quantitative estimate of drug-likeness (QED) is 0.290. The Bertz CT molecular complexity index is 170. The second-order valence-corrected chi connectivity index (χ2v) is 3.60. The molecular weight excluding hydrogens is 171 g/mol. The molecule has 4 heteroatoms. The topological polar surface area (TPSA) is 40.1 Å². The van der Waals surface area contributed by atoms with Gasteiger partial charge in [0, 0.05) is 5.75 Å². The minimum atomic E-state index is -1.84. The zero-order valence-electron chi connectivity index (χ0n) is 6.95.